The number of carbonyl (C=O) groups excluding carboxylic acids is 1. The van der Waals surface area contributed by atoms with Gasteiger partial charge in [0, 0.05) is 6.54 Å². The number of benzene rings is 1. The SMILES string of the molecule is O=C1NCCc2cccc(OC(F)F)c21. The average Bonchev–Trinajstić information content (AvgIpc) is 2.17. The number of rotatable bonds is 2. The summed E-state index contributed by atoms with van der Waals surface area (Å²) in [7, 11) is 0. The fourth-order valence-corrected chi connectivity index (χ4v) is 1.64. The van der Waals surface area contributed by atoms with Crippen LogP contribution in [0.3, 0.4) is 0 Å². The van der Waals surface area contributed by atoms with Crippen LogP contribution in [0.1, 0.15) is 15.9 Å². The Labute approximate surface area is 85.0 Å². The van der Waals surface area contributed by atoms with E-state index in [4.69, 9.17) is 0 Å². The molecule has 1 N–H and O–H groups in total. The molecule has 1 aliphatic heterocycles. The van der Waals surface area contributed by atoms with Crippen molar-refractivity contribution in [3.8, 4) is 5.75 Å². The molecule has 0 radical (unpaired) electrons. The molecule has 5 heteroatoms. The highest BCUT2D eigenvalue weighted by Gasteiger charge is 2.22. The van der Waals surface area contributed by atoms with Crippen molar-refractivity contribution in [2.45, 2.75) is 13.0 Å². The highest BCUT2D eigenvalue weighted by Crippen LogP contribution is 2.26. The summed E-state index contributed by atoms with van der Waals surface area (Å²) in [5.41, 5.74) is 0.973. The molecule has 0 spiro atoms. The number of alkyl halides is 2. The lowest BCUT2D eigenvalue weighted by atomic mass is 10.00. The molecular formula is C10H9F2NO2. The number of ether oxygens (including phenoxy) is 1. The van der Waals surface area contributed by atoms with Gasteiger partial charge in [-0.3, -0.25) is 4.79 Å². The van der Waals surface area contributed by atoms with Gasteiger partial charge in [0.25, 0.3) is 5.91 Å². The van der Waals surface area contributed by atoms with Crippen LogP contribution in [-0.2, 0) is 6.42 Å². The van der Waals surface area contributed by atoms with Crippen molar-refractivity contribution in [3.05, 3.63) is 29.3 Å². The molecule has 0 atom stereocenters. The highest BCUT2D eigenvalue weighted by molar-refractivity contribution is 5.99. The smallest absolute Gasteiger partial charge is 0.387 e. The third-order valence-corrected chi connectivity index (χ3v) is 2.24. The lowest BCUT2D eigenvalue weighted by Gasteiger charge is -2.19. The van der Waals surface area contributed by atoms with Crippen LogP contribution in [-0.4, -0.2) is 19.1 Å². The van der Waals surface area contributed by atoms with Gasteiger partial charge in [0.15, 0.2) is 0 Å². The lowest BCUT2D eigenvalue weighted by Crippen LogP contribution is -2.32. The number of nitrogens with one attached hydrogen (secondary N) is 1. The summed E-state index contributed by atoms with van der Waals surface area (Å²) < 4.78 is 28.4. The fraction of sp³-hybridized carbons (Fsp3) is 0.300. The Morgan fingerprint density at radius 3 is 2.93 bits per heavy atom. The normalized spacial score (nSPS) is 14.7. The van der Waals surface area contributed by atoms with Gasteiger partial charge in [-0.15, -0.1) is 0 Å². The van der Waals surface area contributed by atoms with Crippen molar-refractivity contribution in [3.63, 3.8) is 0 Å². The monoisotopic (exact) mass is 213 g/mol. The van der Waals surface area contributed by atoms with Crippen molar-refractivity contribution < 1.29 is 18.3 Å². The standard InChI is InChI=1S/C10H9F2NO2/c11-10(12)15-7-3-1-2-6-4-5-13-9(14)8(6)7/h1-3,10H,4-5H2,(H,13,14). The zero-order valence-electron chi connectivity index (χ0n) is 7.80. The number of fused-ring (bicyclic) bond motifs is 1. The molecule has 3 nitrogen and oxygen atoms in total. The third-order valence-electron chi connectivity index (χ3n) is 2.24. The van der Waals surface area contributed by atoms with E-state index in [1.807, 2.05) is 0 Å². The van der Waals surface area contributed by atoms with Crippen molar-refractivity contribution >= 4 is 5.91 Å². The molecule has 0 saturated carbocycles. The molecule has 0 fully saturated rings. The number of hydrogen-bond donors (Lipinski definition) is 1. The molecule has 1 amide bonds. The zero-order valence-corrected chi connectivity index (χ0v) is 7.80. The van der Waals surface area contributed by atoms with Crippen LogP contribution in [0.15, 0.2) is 18.2 Å². The molecule has 15 heavy (non-hydrogen) atoms. The van der Waals surface area contributed by atoms with E-state index in [2.05, 4.69) is 10.1 Å². The molecule has 0 saturated heterocycles. The summed E-state index contributed by atoms with van der Waals surface area (Å²) in [6.45, 7) is -2.38. The second-order valence-electron chi connectivity index (χ2n) is 3.17. The molecule has 1 aromatic rings. The Morgan fingerprint density at radius 1 is 1.40 bits per heavy atom. The summed E-state index contributed by atoms with van der Waals surface area (Å²) in [6, 6.07) is 4.72. The summed E-state index contributed by atoms with van der Waals surface area (Å²) in [5.74, 6) is -0.410. The molecule has 1 heterocycles. The second-order valence-corrected chi connectivity index (χ2v) is 3.17. The average molecular weight is 213 g/mol. The molecule has 0 unspecified atom stereocenters. The second kappa shape index (κ2) is 3.84. The first-order valence-corrected chi connectivity index (χ1v) is 4.53. The molecule has 2 rings (SSSR count). The minimum atomic E-state index is -2.91. The van der Waals surface area contributed by atoms with Crippen LogP contribution in [0.4, 0.5) is 8.78 Å². The van der Waals surface area contributed by atoms with Gasteiger partial charge in [0.1, 0.15) is 5.75 Å². The Bertz CT molecular complexity index is 393. The van der Waals surface area contributed by atoms with Crippen LogP contribution in [0, 0.1) is 0 Å². The van der Waals surface area contributed by atoms with E-state index < -0.39 is 6.61 Å². The summed E-state index contributed by atoms with van der Waals surface area (Å²) in [6.07, 6.45) is 0.640. The third kappa shape index (κ3) is 1.91. The van der Waals surface area contributed by atoms with E-state index in [1.54, 1.807) is 12.1 Å². The summed E-state index contributed by atoms with van der Waals surface area (Å²) in [4.78, 5) is 11.5. The van der Waals surface area contributed by atoms with Gasteiger partial charge in [-0.1, -0.05) is 12.1 Å². The van der Waals surface area contributed by atoms with Gasteiger partial charge in [0.2, 0.25) is 0 Å². The number of hydrogen-bond acceptors (Lipinski definition) is 2. The highest BCUT2D eigenvalue weighted by atomic mass is 19.3. The topological polar surface area (TPSA) is 38.3 Å². The summed E-state index contributed by atoms with van der Waals surface area (Å²) in [5, 5.41) is 2.59. The Hall–Kier alpha value is -1.65. The zero-order chi connectivity index (χ0) is 10.8. The van der Waals surface area contributed by atoms with E-state index in [1.165, 1.54) is 6.07 Å². The van der Waals surface area contributed by atoms with E-state index in [-0.39, 0.29) is 17.2 Å². The van der Waals surface area contributed by atoms with Gasteiger partial charge in [-0.05, 0) is 18.1 Å². The van der Waals surface area contributed by atoms with Crippen molar-refractivity contribution in [1.29, 1.82) is 0 Å². The maximum Gasteiger partial charge on any atom is 0.387 e. The fourth-order valence-electron chi connectivity index (χ4n) is 1.64. The van der Waals surface area contributed by atoms with Crippen LogP contribution in [0.5, 0.6) is 5.75 Å². The van der Waals surface area contributed by atoms with Crippen molar-refractivity contribution in [2.75, 3.05) is 6.54 Å². The molecule has 80 valence electrons. The van der Waals surface area contributed by atoms with Gasteiger partial charge < -0.3 is 10.1 Å². The largest absolute Gasteiger partial charge is 0.434 e. The maximum atomic E-state index is 12.1. The van der Waals surface area contributed by atoms with E-state index >= 15 is 0 Å². The Kier molecular flexibility index (Phi) is 2.53. The van der Waals surface area contributed by atoms with Gasteiger partial charge >= 0.3 is 6.61 Å². The Balaban J connectivity index is 2.42. The van der Waals surface area contributed by atoms with Crippen molar-refractivity contribution in [1.82, 2.24) is 5.32 Å². The molecule has 1 aromatic carbocycles. The van der Waals surface area contributed by atoms with E-state index in [0.717, 1.165) is 5.56 Å². The number of halogens is 2. The van der Waals surface area contributed by atoms with Gasteiger partial charge in [-0.2, -0.15) is 8.78 Å². The number of carbonyl (C=O) groups is 1. The molecule has 1 aliphatic rings. The van der Waals surface area contributed by atoms with Crippen LogP contribution >= 0.6 is 0 Å². The first-order valence-electron chi connectivity index (χ1n) is 4.53. The van der Waals surface area contributed by atoms with Crippen molar-refractivity contribution in [2.24, 2.45) is 0 Å². The lowest BCUT2D eigenvalue weighted by molar-refractivity contribution is -0.0502. The molecular weight excluding hydrogens is 204 g/mol. The number of amides is 1. The summed E-state index contributed by atoms with van der Waals surface area (Å²) >= 11 is 0. The minimum Gasteiger partial charge on any atom is -0.434 e. The predicted octanol–water partition coefficient (Wildman–Crippen LogP) is 1.57. The first kappa shape index (κ1) is 9.89. The van der Waals surface area contributed by atoms with Crippen LogP contribution < -0.4 is 10.1 Å². The van der Waals surface area contributed by atoms with Crippen LogP contribution in [0.25, 0.3) is 0 Å². The van der Waals surface area contributed by atoms with Crippen LogP contribution in [0.2, 0.25) is 0 Å². The predicted molar refractivity (Wildman–Crippen MR) is 49.1 cm³/mol. The van der Waals surface area contributed by atoms with E-state index in [9.17, 15) is 13.6 Å². The van der Waals surface area contributed by atoms with Gasteiger partial charge in [-0.25, -0.2) is 0 Å². The quantitative estimate of drug-likeness (QED) is 0.809. The molecule has 0 aromatic heterocycles. The first-order chi connectivity index (χ1) is 7.18. The van der Waals surface area contributed by atoms with Gasteiger partial charge in [0.05, 0.1) is 5.56 Å². The molecule has 0 aliphatic carbocycles. The Morgan fingerprint density at radius 2 is 2.20 bits per heavy atom. The maximum absolute atomic E-state index is 12.1. The van der Waals surface area contributed by atoms with E-state index in [0.29, 0.717) is 13.0 Å². The molecule has 0 bridgehead atoms. The minimum absolute atomic E-state index is 0.0558.